The third-order valence-electron chi connectivity index (χ3n) is 4.41. The smallest absolute Gasteiger partial charge is 0.341 e. The van der Waals surface area contributed by atoms with Gasteiger partial charge < -0.3 is 14.8 Å². The molecule has 0 spiro atoms. The molecule has 6 nitrogen and oxygen atoms in total. The lowest BCUT2D eigenvalue weighted by Gasteiger charge is -2.07. The number of benzene rings is 1. The van der Waals surface area contributed by atoms with Gasteiger partial charge in [-0.25, -0.2) is 4.79 Å². The predicted molar refractivity (Wildman–Crippen MR) is 119 cm³/mol. The molecule has 1 amide bonds. The van der Waals surface area contributed by atoms with Crippen molar-refractivity contribution in [3.05, 3.63) is 51.4 Å². The second kappa shape index (κ2) is 11.2. The standard InChI is InChI=1S/C23H26N2O4S/c1-5-7-12-29-19-10-8-17(9-11-19)13-18(14-24)21(26)25-22-20(23(27)28-6-2)15(3)16(4)30-22/h8-11,13H,5-7,12H2,1-4H3,(H,25,26)/b18-13+. The Morgan fingerprint density at radius 3 is 2.50 bits per heavy atom. The van der Waals surface area contributed by atoms with Gasteiger partial charge in [0.2, 0.25) is 0 Å². The second-order valence-electron chi connectivity index (χ2n) is 6.60. The molecule has 0 bridgehead atoms. The number of hydrogen-bond acceptors (Lipinski definition) is 6. The molecule has 0 saturated heterocycles. The summed E-state index contributed by atoms with van der Waals surface area (Å²) in [6.45, 7) is 8.38. The number of amides is 1. The van der Waals surface area contributed by atoms with Gasteiger partial charge in [-0.05, 0) is 56.5 Å². The highest BCUT2D eigenvalue weighted by molar-refractivity contribution is 7.16. The number of rotatable bonds is 9. The summed E-state index contributed by atoms with van der Waals surface area (Å²) in [5, 5.41) is 12.5. The molecule has 0 fully saturated rings. The van der Waals surface area contributed by atoms with Crippen LogP contribution in [0.2, 0.25) is 0 Å². The number of anilines is 1. The Hall–Kier alpha value is -3.11. The SMILES string of the molecule is CCCCOc1ccc(/C=C(\C#N)C(=O)Nc2sc(C)c(C)c2C(=O)OCC)cc1. The molecule has 0 aliphatic rings. The zero-order chi connectivity index (χ0) is 22.1. The van der Waals surface area contributed by atoms with Gasteiger partial charge in [-0.15, -0.1) is 11.3 Å². The van der Waals surface area contributed by atoms with E-state index in [-0.39, 0.29) is 12.2 Å². The van der Waals surface area contributed by atoms with Crippen molar-refractivity contribution in [3.63, 3.8) is 0 Å². The van der Waals surface area contributed by atoms with Crippen LogP contribution in [-0.4, -0.2) is 25.1 Å². The van der Waals surface area contributed by atoms with E-state index in [9.17, 15) is 14.9 Å². The highest BCUT2D eigenvalue weighted by Gasteiger charge is 2.23. The molecule has 0 radical (unpaired) electrons. The molecule has 1 aromatic heterocycles. The normalized spacial score (nSPS) is 11.0. The number of thiophene rings is 1. The van der Waals surface area contributed by atoms with Crippen molar-refractivity contribution < 1.29 is 19.1 Å². The molecule has 2 aromatic rings. The second-order valence-corrected chi connectivity index (χ2v) is 7.83. The highest BCUT2D eigenvalue weighted by atomic mass is 32.1. The van der Waals surface area contributed by atoms with Crippen LogP contribution in [0.4, 0.5) is 5.00 Å². The fourth-order valence-corrected chi connectivity index (χ4v) is 3.69. The number of nitriles is 1. The van der Waals surface area contributed by atoms with Crippen LogP contribution < -0.4 is 10.1 Å². The summed E-state index contributed by atoms with van der Waals surface area (Å²) in [6.07, 6.45) is 3.54. The van der Waals surface area contributed by atoms with Crippen LogP contribution in [0.5, 0.6) is 5.75 Å². The van der Waals surface area contributed by atoms with Gasteiger partial charge in [0.15, 0.2) is 0 Å². The average molecular weight is 427 g/mol. The van der Waals surface area contributed by atoms with E-state index in [2.05, 4.69) is 12.2 Å². The van der Waals surface area contributed by atoms with E-state index in [0.717, 1.165) is 29.0 Å². The Kier molecular flexibility index (Phi) is 8.63. The third-order valence-corrected chi connectivity index (χ3v) is 5.54. The van der Waals surface area contributed by atoms with Gasteiger partial charge in [0.25, 0.3) is 5.91 Å². The number of ether oxygens (including phenoxy) is 2. The topological polar surface area (TPSA) is 88.4 Å². The maximum Gasteiger partial charge on any atom is 0.341 e. The van der Waals surface area contributed by atoms with Crippen LogP contribution in [0.25, 0.3) is 6.08 Å². The van der Waals surface area contributed by atoms with Crippen LogP contribution >= 0.6 is 11.3 Å². The lowest BCUT2D eigenvalue weighted by Crippen LogP contribution is -2.16. The van der Waals surface area contributed by atoms with Crippen LogP contribution in [0.1, 0.15) is 53.1 Å². The summed E-state index contributed by atoms with van der Waals surface area (Å²) in [5.41, 5.74) is 1.73. The molecule has 1 N–H and O–H groups in total. The first-order chi connectivity index (χ1) is 14.4. The van der Waals surface area contributed by atoms with E-state index >= 15 is 0 Å². The van der Waals surface area contributed by atoms with Crippen molar-refractivity contribution in [1.29, 1.82) is 5.26 Å². The van der Waals surface area contributed by atoms with Crippen LogP contribution in [0.15, 0.2) is 29.8 Å². The first-order valence-electron chi connectivity index (χ1n) is 9.84. The zero-order valence-electron chi connectivity index (χ0n) is 17.7. The molecule has 30 heavy (non-hydrogen) atoms. The minimum atomic E-state index is -0.576. The molecule has 0 unspecified atom stereocenters. The quantitative estimate of drug-likeness (QED) is 0.255. The Morgan fingerprint density at radius 2 is 1.90 bits per heavy atom. The molecule has 158 valence electrons. The van der Waals surface area contributed by atoms with Crippen molar-refractivity contribution in [3.8, 4) is 11.8 Å². The lowest BCUT2D eigenvalue weighted by atomic mass is 10.1. The molecule has 1 heterocycles. The van der Waals surface area contributed by atoms with Crippen molar-refractivity contribution in [2.24, 2.45) is 0 Å². The first kappa shape index (κ1) is 23.2. The van der Waals surface area contributed by atoms with Gasteiger partial charge in [-0.1, -0.05) is 25.5 Å². The molecule has 0 atom stereocenters. The number of carbonyl (C=O) groups excluding carboxylic acids is 2. The van der Waals surface area contributed by atoms with E-state index in [1.54, 1.807) is 38.1 Å². The maximum atomic E-state index is 12.7. The molecular weight excluding hydrogens is 400 g/mol. The molecule has 1 aromatic carbocycles. The van der Waals surface area contributed by atoms with Gasteiger partial charge in [-0.2, -0.15) is 5.26 Å². The maximum absolute atomic E-state index is 12.7. The van der Waals surface area contributed by atoms with Gasteiger partial charge in [0.1, 0.15) is 22.4 Å². The van der Waals surface area contributed by atoms with Crippen molar-refractivity contribution >= 4 is 34.3 Å². The molecule has 2 rings (SSSR count). The van der Waals surface area contributed by atoms with Gasteiger partial charge >= 0.3 is 5.97 Å². The minimum absolute atomic E-state index is 0.0619. The summed E-state index contributed by atoms with van der Waals surface area (Å²) in [6, 6.07) is 9.11. The molecule has 0 saturated carbocycles. The average Bonchev–Trinajstić information content (AvgIpc) is 3.00. The third kappa shape index (κ3) is 5.94. The van der Waals surface area contributed by atoms with Crippen LogP contribution in [-0.2, 0) is 9.53 Å². The lowest BCUT2D eigenvalue weighted by molar-refractivity contribution is -0.112. The predicted octanol–water partition coefficient (Wildman–Crippen LogP) is 5.27. The molecule has 7 heteroatoms. The fraction of sp³-hybridized carbons (Fsp3) is 0.348. The summed E-state index contributed by atoms with van der Waals surface area (Å²) in [4.78, 5) is 25.8. The molecule has 0 aliphatic carbocycles. The Labute approximate surface area is 181 Å². The molecular formula is C23H26N2O4S. The zero-order valence-corrected chi connectivity index (χ0v) is 18.5. The van der Waals surface area contributed by atoms with Crippen LogP contribution in [0, 0.1) is 25.2 Å². The van der Waals surface area contributed by atoms with Crippen molar-refractivity contribution in [1.82, 2.24) is 0 Å². The van der Waals surface area contributed by atoms with Crippen LogP contribution in [0.3, 0.4) is 0 Å². The largest absolute Gasteiger partial charge is 0.494 e. The number of unbranched alkanes of at least 4 members (excludes halogenated alkanes) is 1. The Bertz CT molecular complexity index is 968. The molecule has 0 aliphatic heterocycles. The summed E-state index contributed by atoms with van der Waals surface area (Å²) in [5.74, 6) is -0.324. The van der Waals surface area contributed by atoms with Gasteiger partial charge in [-0.3, -0.25) is 4.79 Å². The van der Waals surface area contributed by atoms with Crippen molar-refractivity contribution in [2.75, 3.05) is 18.5 Å². The van der Waals surface area contributed by atoms with E-state index in [0.29, 0.717) is 22.7 Å². The van der Waals surface area contributed by atoms with E-state index < -0.39 is 11.9 Å². The summed E-state index contributed by atoms with van der Waals surface area (Å²) < 4.78 is 10.7. The summed E-state index contributed by atoms with van der Waals surface area (Å²) in [7, 11) is 0. The number of carbonyl (C=O) groups is 2. The van der Waals surface area contributed by atoms with E-state index in [4.69, 9.17) is 9.47 Å². The number of hydrogen-bond donors (Lipinski definition) is 1. The van der Waals surface area contributed by atoms with E-state index in [1.165, 1.54) is 17.4 Å². The van der Waals surface area contributed by atoms with E-state index in [1.807, 2.05) is 13.0 Å². The van der Waals surface area contributed by atoms with Gasteiger partial charge in [0, 0.05) is 4.88 Å². The number of nitrogens with one attached hydrogen (secondary N) is 1. The number of esters is 1. The Morgan fingerprint density at radius 1 is 1.20 bits per heavy atom. The Balaban J connectivity index is 2.18. The highest BCUT2D eigenvalue weighted by Crippen LogP contribution is 2.33. The monoisotopic (exact) mass is 426 g/mol. The fourth-order valence-electron chi connectivity index (χ4n) is 2.64. The first-order valence-corrected chi connectivity index (χ1v) is 10.7. The van der Waals surface area contributed by atoms with Crippen molar-refractivity contribution in [2.45, 2.75) is 40.5 Å². The number of nitrogens with zero attached hydrogens (tertiary/aromatic N) is 1. The minimum Gasteiger partial charge on any atom is -0.494 e. The number of aryl methyl sites for hydroxylation is 1. The van der Waals surface area contributed by atoms with Gasteiger partial charge in [0.05, 0.1) is 18.8 Å². The summed E-state index contributed by atoms with van der Waals surface area (Å²) >= 11 is 1.28.